The fourth-order valence-corrected chi connectivity index (χ4v) is 2.87. The molecule has 1 saturated heterocycles. The van der Waals surface area contributed by atoms with E-state index in [9.17, 15) is 0 Å². The van der Waals surface area contributed by atoms with E-state index in [1.807, 2.05) is 36.4 Å². The molecule has 0 saturated carbocycles. The molecule has 24 heavy (non-hydrogen) atoms. The molecular formula is C20H24O4. The highest BCUT2D eigenvalue weighted by molar-refractivity contribution is 5.14. The lowest BCUT2D eigenvalue weighted by Crippen LogP contribution is -2.51. The third-order valence-electron chi connectivity index (χ3n) is 4.18. The van der Waals surface area contributed by atoms with Crippen LogP contribution in [0.25, 0.3) is 0 Å². The summed E-state index contributed by atoms with van der Waals surface area (Å²) in [5.41, 5.74) is 2.28. The fourth-order valence-electron chi connectivity index (χ4n) is 2.87. The van der Waals surface area contributed by atoms with Crippen LogP contribution >= 0.6 is 0 Å². The Hall–Kier alpha value is -1.72. The van der Waals surface area contributed by atoms with Crippen LogP contribution in [-0.2, 0) is 32.2 Å². The van der Waals surface area contributed by atoms with Gasteiger partial charge < -0.3 is 18.9 Å². The van der Waals surface area contributed by atoms with Gasteiger partial charge in [-0.05, 0) is 11.1 Å². The minimum Gasteiger partial charge on any atom is -0.376 e. The lowest BCUT2D eigenvalue weighted by atomic mass is 10.1. The van der Waals surface area contributed by atoms with Crippen LogP contribution in [0.1, 0.15) is 11.1 Å². The Labute approximate surface area is 143 Å². The molecule has 0 aromatic heterocycles. The average molecular weight is 328 g/mol. The molecule has 0 spiro atoms. The molecule has 2 aromatic carbocycles. The van der Waals surface area contributed by atoms with Crippen LogP contribution in [0, 0.1) is 0 Å². The first-order valence-corrected chi connectivity index (χ1v) is 8.28. The molecule has 0 radical (unpaired) electrons. The second kappa shape index (κ2) is 8.94. The second-order valence-electron chi connectivity index (χ2n) is 5.91. The molecular weight excluding hydrogens is 304 g/mol. The molecule has 0 N–H and O–H groups in total. The highest BCUT2D eigenvalue weighted by Crippen LogP contribution is 2.20. The molecule has 4 heteroatoms. The van der Waals surface area contributed by atoms with Crippen molar-refractivity contribution in [1.29, 1.82) is 0 Å². The maximum Gasteiger partial charge on any atom is 0.114 e. The molecule has 0 aliphatic carbocycles. The zero-order valence-electron chi connectivity index (χ0n) is 14.0. The van der Waals surface area contributed by atoms with Gasteiger partial charge in [-0.1, -0.05) is 60.7 Å². The number of hydrogen-bond acceptors (Lipinski definition) is 4. The Balaban J connectivity index is 1.55. The summed E-state index contributed by atoms with van der Waals surface area (Å²) in [7, 11) is 1.70. The second-order valence-corrected chi connectivity index (χ2v) is 5.91. The molecule has 3 atom stereocenters. The Kier molecular flexibility index (Phi) is 6.38. The van der Waals surface area contributed by atoms with Gasteiger partial charge in [0.05, 0.1) is 26.4 Å². The summed E-state index contributed by atoms with van der Waals surface area (Å²) in [4.78, 5) is 0. The number of hydrogen-bond donors (Lipinski definition) is 0. The monoisotopic (exact) mass is 328 g/mol. The fraction of sp³-hybridized carbons (Fsp3) is 0.400. The van der Waals surface area contributed by atoms with E-state index in [1.54, 1.807) is 7.11 Å². The van der Waals surface area contributed by atoms with E-state index < -0.39 is 0 Å². The number of methoxy groups -OCH3 is 1. The van der Waals surface area contributed by atoms with Crippen LogP contribution in [0.15, 0.2) is 60.7 Å². The average Bonchev–Trinajstić information content (AvgIpc) is 2.66. The number of ether oxygens (including phenoxy) is 4. The third kappa shape index (κ3) is 4.65. The summed E-state index contributed by atoms with van der Waals surface area (Å²) in [5.74, 6) is 0. The van der Waals surface area contributed by atoms with E-state index in [0.717, 1.165) is 11.1 Å². The molecule has 0 amide bonds. The zero-order valence-corrected chi connectivity index (χ0v) is 14.0. The van der Waals surface area contributed by atoms with E-state index in [2.05, 4.69) is 24.3 Å². The van der Waals surface area contributed by atoms with Gasteiger partial charge in [0.25, 0.3) is 0 Å². The van der Waals surface area contributed by atoms with Gasteiger partial charge in [-0.2, -0.15) is 0 Å². The Morgan fingerprint density at radius 3 is 1.67 bits per heavy atom. The Bertz CT molecular complexity index is 536. The lowest BCUT2D eigenvalue weighted by molar-refractivity contribution is -0.200. The van der Waals surface area contributed by atoms with E-state index in [4.69, 9.17) is 18.9 Å². The summed E-state index contributed by atoms with van der Waals surface area (Å²) >= 11 is 0. The first-order chi connectivity index (χ1) is 11.9. The Morgan fingerprint density at radius 1 is 0.792 bits per heavy atom. The first kappa shape index (κ1) is 17.1. The van der Waals surface area contributed by atoms with Gasteiger partial charge in [-0.25, -0.2) is 0 Å². The topological polar surface area (TPSA) is 36.9 Å². The van der Waals surface area contributed by atoms with Crippen molar-refractivity contribution in [2.24, 2.45) is 0 Å². The Morgan fingerprint density at radius 2 is 1.25 bits per heavy atom. The van der Waals surface area contributed by atoms with Crippen molar-refractivity contribution >= 4 is 0 Å². The van der Waals surface area contributed by atoms with Gasteiger partial charge in [0, 0.05) is 7.11 Å². The molecule has 1 aliphatic heterocycles. The minimum absolute atomic E-state index is 0.133. The molecule has 0 bridgehead atoms. The summed E-state index contributed by atoms with van der Waals surface area (Å²) in [5, 5.41) is 0. The molecule has 2 aromatic rings. The van der Waals surface area contributed by atoms with Crippen LogP contribution in [0.2, 0.25) is 0 Å². The summed E-state index contributed by atoms with van der Waals surface area (Å²) in [6.07, 6.45) is -0.402. The van der Waals surface area contributed by atoms with E-state index >= 15 is 0 Å². The smallest absolute Gasteiger partial charge is 0.114 e. The SMILES string of the molecule is COC1[C@@H](OCc2ccccc2)COC[C@H]1OCc1ccccc1. The van der Waals surface area contributed by atoms with E-state index in [-0.39, 0.29) is 18.3 Å². The molecule has 1 fully saturated rings. The van der Waals surface area contributed by atoms with Gasteiger partial charge >= 0.3 is 0 Å². The maximum atomic E-state index is 6.02. The molecule has 1 aliphatic rings. The summed E-state index contributed by atoms with van der Waals surface area (Å²) in [6, 6.07) is 20.2. The van der Waals surface area contributed by atoms with Crippen molar-refractivity contribution < 1.29 is 18.9 Å². The van der Waals surface area contributed by atoms with Crippen LogP contribution in [-0.4, -0.2) is 38.6 Å². The molecule has 3 rings (SSSR count). The van der Waals surface area contributed by atoms with Crippen molar-refractivity contribution in [2.45, 2.75) is 31.5 Å². The van der Waals surface area contributed by atoms with E-state index in [1.165, 1.54) is 0 Å². The standard InChI is InChI=1S/C20H24O4/c1-21-20-18(23-12-16-8-4-2-5-9-16)14-22-15-19(20)24-13-17-10-6-3-7-11-17/h2-11,18-20H,12-15H2,1H3/t18-,19+,20?. The van der Waals surface area contributed by atoms with Gasteiger partial charge in [0.15, 0.2) is 0 Å². The lowest BCUT2D eigenvalue weighted by Gasteiger charge is -2.36. The van der Waals surface area contributed by atoms with Gasteiger partial charge in [0.2, 0.25) is 0 Å². The highest BCUT2D eigenvalue weighted by atomic mass is 16.6. The molecule has 1 unspecified atom stereocenters. The third-order valence-corrected chi connectivity index (χ3v) is 4.18. The normalized spacial score (nSPS) is 24.0. The number of benzene rings is 2. The van der Waals surface area contributed by atoms with Gasteiger partial charge in [0.1, 0.15) is 18.3 Å². The first-order valence-electron chi connectivity index (χ1n) is 8.28. The largest absolute Gasteiger partial charge is 0.376 e. The molecule has 128 valence electrons. The minimum atomic E-state index is -0.135. The van der Waals surface area contributed by atoms with Crippen LogP contribution in [0.5, 0.6) is 0 Å². The van der Waals surface area contributed by atoms with Crippen molar-refractivity contribution in [3.8, 4) is 0 Å². The summed E-state index contributed by atoms with van der Waals surface area (Å²) in [6.45, 7) is 2.13. The predicted octanol–water partition coefficient (Wildman–Crippen LogP) is 3.20. The van der Waals surface area contributed by atoms with Crippen LogP contribution in [0.4, 0.5) is 0 Å². The van der Waals surface area contributed by atoms with E-state index in [0.29, 0.717) is 26.4 Å². The van der Waals surface area contributed by atoms with Crippen molar-refractivity contribution in [1.82, 2.24) is 0 Å². The summed E-state index contributed by atoms with van der Waals surface area (Å²) < 4.78 is 23.4. The zero-order chi connectivity index (χ0) is 16.6. The predicted molar refractivity (Wildman–Crippen MR) is 91.7 cm³/mol. The van der Waals surface area contributed by atoms with Crippen LogP contribution < -0.4 is 0 Å². The van der Waals surface area contributed by atoms with Gasteiger partial charge in [-0.15, -0.1) is 0 Å². The quantitative estimate of drug-likeness (QED) is 0.782. The highest BCUT2D eigenvalue weighted by Gasteiger charge is 2.35. The van der Waals surface area contributed by atoms with Crippen molar-refractivity contribution in [3.63, 3.8) is 0 Å². The van der Waals surface area contributed by atoms with Crippen LogP contribution in [0.3, 0.4) is 0 Å². The number of rotatable bonds is 7. The molecule has 1 heterocycles. The van der Waals surface area contributed by atoms with Gasteiger partial charge in [-0.3, -0.25) is 0 Å². The maximum absolute atomic E-state index is 6.02. The van der Waals surface area contributed by atoms with Crippen molar-refractivity contribution in [3.05, 3.63) is 71.8 Å². The molecule has 4 nitrogen and oxygen atoms in total. The van der Waals surface area contributed by atoms with Crippen molar-refractivity contribution in [2.75, 3.05) is 20.3 Å².